The monoisotopic (exact) mass is 369 g/mol. The Morgan fingerprint density at radius 3 is 2.78 bits per heavy atom. The van der Waals surface area contributed by atoms with E-state index < -0.39 is 12.0 Å². The molecule has 6 nitrogen and oxygen atoms in total. The normalized spacial score (nSPS) is 13.5. The van der Waals surface area contributed by atoms with Crippen LogP contribution in [0, 0.1) is 0 Å². The van der Waals surface area contributed by atoms with Crippen LogP contribution in [-0.2, 0) is 27.4 Å². The summed E-state index contributed by atoms with van der Waals surface area (Å²) in [5, 5.41) is 12.1. The quantitative estimate of drug-likeness (QED) is 0.664. The van der Waals surface area contributed by atoms with Gasteiger partial charge in [0.25, 0.3) is 0 Å². The molecule has 0 spiro atoms. The van der Waals surface area contributed by atoms with Crippen LogP contribution >= 0.6 is 0 Å². The lowest BCUT2D eigenvalue weighted by Gasteiger charge is -2.16. The van der Waals surface area contributed by atoms with Gasteiger partial charge in [-0.05, 0) is 35.2 Å². The highest BCUT2D eigenvalue weighted by Crippen LogP contribution is 2.28. The third-order valence-corrected chi connectivity index (χ3v) is 4.40. The van der Waals surface area contributed by atoms with Crippen molar-refractivity contribution in [1.82, 2.24) is 5.32 Å². The maximum Gasteiger partial charge on any atom is 0.330 e. The predicted octanol–water partition coefficient (Wildman–Crippen LogP) is 2.86. The Labute approximate surface area is 158 Å². The summed E-state index contributed by atoms with van der Waals surface area (Å²) in [6, 6.07) is 14.0. The fourth-order valence-electron chi connectivity index (χ4n) is 3.01. The lowest BCUT2D eigenvalue weighted by atomic mass is 10.0. The van der Waals surface area contributed by atoms with Crippen molar-refractivity contribution in [2.45, 2.75) is 31.9 Å². The summed E-state index contributed by atoms with van der Waals surface area (Å²) in [5.74, 6) is -0.602. The number of carboxylic acids is 1. The maximum atomic E-state index is 12.1. The number of rotatable bonds is 9. The van der Waals surface area contributed by atoms with Crippen LogP contribution in [-0.4, -0.2) is 30.2 Å². The minimum Gasteiger partial charge on any atom is -0.493 e. The molecule has 2 aromatic carbocycles. The number of nitrogens with one attached hydrogen (secondary N) is 1. The van der Waals surface area contributed by atoms with Crippen LogP contribution < -0.4 is 10.1 Å². The molecule has 2 aromatic rings. The summed E-state index contributed by atoms with van der Waals surface area (Å²) >= 11 is 0. The first kappa shape index (κ1) is 18.9. The van der Waals surface area contributed by atoms with E-state index in [0.717, 1.165) is 23.3 Å². The molecular weight excluding hydrogens is 346 g/mol. The molecule has 1 heterocycles. The van der Waals surface area contributed by atoms with Crippen molar-refractivity contribution < 1.29 is 24.2 Å². The molecule has 1 atom stereocenters. The summed E-state index contributed by atoms with van der Waals surface area (Å²) in [5.41, 5.74) is 2.61. The Kier molecular flexibility index (Phi) is 6.44. The number of hydrogen-bond acceptors (Lipinski definition) is 4. The summed E-state index contributed by atoms with van der Waals surface area (Å²) < 4.78 is 11.0. The molecule has 6 heteroatoms. The van der Waals surface area contributed by atoms with E-state index in [4.69, 9.17) is 9.47 Å². The molecular formula is C21H23NO5. The lowest BCUT2D eigenvalue weighted by Crippen LogP contribution is -2.33. The van der Waals surface area contributed by atoms with Crippen molar-refractivity contribution in [3.05, 3.63) is 65.2 Å². The molecule has 1 aliphatic heterocycles. The van der Waals surface area contributed by atoms with E-state index in [1.807, 2.05) is 30.3 Å². The number of carboxylic acid groups (broad SMARTS) is 1. The van der Waals surface area contributed by atoms with Gasteiger partial charge in [-0.3, -0.25) is 4.79 Å². The highest BCUT2D eigenvalue weighted by Gasteiger charge is 2.24. The second-order valence-electron chi connectivity index (χ2n) is 6.45. The summed E-state index contributed by atoms with van der Waals surface area (Å²) in [7, 11) is 0. The van der Waals surface area contributed by atoms with Gasteiger partial charge < -0.3 is 19.9 Å². The molecule has 0 saturated carbocycles. The highest BCUT2D eigenvalue weighted by atomic mass is 16.5. The maximum absolute atomic E-state index is 12.1. The number of amides is 1. The molecule has 142 valence electrons. The topological polar surface area (TPSA) is 84.9 Å². The van der Waals surface area contributed by atoms with Crippen molar-refractivity contribution >= 4 is 11.9 Å². The molecule has 0 aromatic heterocycles. The summed E-state index contributed by atoms with van der Waals surface area (Å²) in [4.78, 5) is 23.7. The zero-order valence-corrected chi connectivity index (χ0v) is 15.0. The number of carbonyl (C=O) groups excluding carboxylic acids is 1. The van der Waals surface area contributed by atoms with E-state index in [1.165, 1.54) is 0 Å². The van der Waals surface area contributed by atoms with Gasteiger partial charge in [-0.2, -0.15) is 0 Å². The molecule has 0 fully saturated rings. The van der Waals surface area contributed by atoms with Gasteiger partial charge in [0.15, 0.2) is 6.04 Å². The van der Waals surface area contributed by atoms with E-state index in [2.05, 4.69) is 5.32 Å². The Morgan fingerprint density at radius 2 is 2.00 bits per heavy atom. The fourth-order valence-corrected chi connectivity index (χ4v) is 3.01. The molecule has 2 N–H and O–H groups in total. The number of carbonyl (C=O) groups is 2. The van der Waals surface area contributed by atoms with Gasteiger partial charge in [0, 0.05) is 19.4 Å². The zero-order chi connectivity index (χ0) is 19.1. The van der Waals surface area contributed by atoms with Crippen molar-refractivity contribution in [2.75, 3.05) is 13.2 Å². The Hall–Kier alpha value is -2.86. The fraction of sp³-hybridized carbons (Fsp3) is 0.333. The smallest absolute Gasteiger partial charge is 0.330 e. The van der Waals surface area contributed by atoms with Gasteiger partial charge >= 0.3 is 5.97 Å². The molecule has 0 saturated heterocycles. The average molecular weight is 369 g/mol. The van der Waals surface area contributed by atoms with Gasteiger partial charge in [0.1, 0.15) is 5.75 Å². The minimum absolute atomic E-state index is 0.215. The molecule has 0 radical (unpaired) electrons. The van der Waals surface area contributed by atoms with Crippen molar-refractivity contribution in [2.24, 2.45) is 0 Å². The van der Waals surface area contributed by atoms with E-state index in [-0.39, 0.29) is 12.3 Å². The third kappa shape index (κ3) is 5.31. The van der Waals surface area contributed by atoms with E-state index in [9.17, 15) is 14.7 Å². The lowest BCUT2D eigenvalue weighted by molar-refractivity contribution is -0.142. The molecule has 1 aliphatic rings. The Bertz CT molecular complexity index is 790. The second kappa shape index (κ2) is 9.19. The average Bonchev–Trinajstić information content (AvgIpc) is 3.14. The van der Waals surface area contributed by atoms with Crippen LogP contribution in [0.2, 0.25) is 0 Å². The highest BCUT2D eigenvalue weighted by molar-refractivity contribution is 5.84. The number of aliphatic carboxylic acids is 1. The first-order chi connectivity index (χ1) is 13.1. The minimum atomic E-state index is -1.08. The van der Waals surface area contributed by atoms with Gasteiger partial charge in [0.05, 0.1) is 13.2 Å². The van der Waals surface area contributed by atoms with E-state index >= 15 is 0 Å². The van der Waals surface area contributed by atoms with Gasteiger partial charge in [-0.25, -0.2) is 4.79 Å². The second-order valence-corrected chi connectivity index (χ2v) is 6.45. The van der Waals surface area contributed by atoms with Crippen LogP contribution in [0.15, 0.2) is 48.5 Å². The van der Waals surface area contributed by atoms with Crippen LogP contribution in [0.5, 0.6) is 5.75 Å². The third-order valence-electron chi connectivity index (χ3n) is 4.40. The van der Waals surface area contributed by atoms with E-state index in [1.54, 1.807) is 18.2 Å². The first-order valence-corrected chi connectivity index (χ1v) is 9.03. The van der Waals surface area contributed by atoms with Gasteiger partial charge in [0.2, 0.25) is 5.91 Å². The molecule has 0 aliphatic carbocycles. The molecule has 0 bridgehead atoms. The number of hydrogen-bond donors (Lipinski definition) is 2. The molecule has 1 amide bonds. The van der Waals surface area contributed by atoms with Crippen LogP contribution in [0.3, 0.4) is 0 Å². The molecule has 27 heavy (non-hydrogen) atoms. The van der Waals surface area contributed by atoms with Crippen molar-refractivity contribution in [3.8, 4) is 5.75 Å². The van der Waals surface area contributed by atoms with Crippen LogP contribution in [0.25, 0.3) is 0 Å². The SMILES string of the molecule is O=C(CCCOCc1ccccc1)NC(C(=O)O)c1ccc2c(c1)CCO2. The standard InChI is InChI=1S/C21H23NO5/c23-19(7-4-11-26-14-15-5-2-1-3-6-15)22-20(21(24)25)17-8-9-18-16(13-17)10-12-27-18/h1-3,5-6,8-9,13,20H,4,7,10-12,14H2,(H,22,23)(H,24,25). The Balaban J connectivity index is 1.45. The largest absolute Gasteiger partial charge is 0.493 e. The zero-order valence-electron chi connectivity index (χ0n) is 15.0. The van der Waals surface area contributed by atoms with Crippen LogP contribution in [0.1, 0.15) is 35.6 Å². The van der Waals surface area contributed by atoms with Crippen molar-refractivity contribution in [1.29, 1.82) is 0 Å². The van der Waals surface area contributed by atoms with Gasteiger partial charge in [-0.1, -0.05) is 36.4 Å². The number of benzene rings is 2. The molecule has 3 rings (SSSR count). The van der Waals surface area contributed by atoms with Crippen LogP contribution in [0.4, 0.5) is 0 Å². The van der Waals surface area contributed by atoms with Gasteiger partial charge in [-0.15, -0.1) is 0 Å². The summed E-state index contributed by atoms with van der Waals surface area (Å²) in [6.45, 7) is 1.54. The Morgan fingerprint density at radius 1 is 1.19 bits per heavy atom. The molecule has 1 unspecified atom stereocenters. The number of ether oxygens (including phenoxy) is 2. The number of fused-ring (bicyclic) bond motifs is 1. The summed E-state index contributed by atoms with van der Waals surface area (Å²) in [6.07, 6.45) is 1.50. The van der Waals surface area contributed by atoms with E-state index in [0.29, 0.717) is 31.8 Å². The first-order valence-electron chi connectivity index (χ1n) is 9.03. The van der Waals surface area contributed by atoms with Crippen molar-refractivity contribution in [3.63, 3.8) is 0 Å². The predicted molar refractivity (Wildman–Crippen MR) is 99.5 cm³/mol.